The van der Waals surface area contributed by atoms with Gasteiger partial charge in [0.1, 0.15) is 5.70 Å². The molecule has 0 saturated heterocycles. The van der Waals surface area contributed by atoms with E-state index >= 15 is 0 Å². The number of rotatable bonds is 4. The highest BCUT2D eigenvalue weighted by atomic mass is 35.5. The molecule has 0 spiro atoms. The maximum absolute atomic E-state index is 13.1. The predicted molar refractivity (Wildman–Crippen MR) is 121 cm³/mol. The lowest BCUT2D eigenvalue weighted by Crippen LogP contribution is -2.37. The van der Waals surface area contributed by atoms with Gasteiger partial charge in [0.2, 0.25) is 5.91 Å². The van der Waals surface area contributed by atoms with Crippen LogP contribution >= 0.6 is 35.0 Å². The number of aliphatic imine (C=N–C) groups is 1. The van der Waals surface area contributed by atoms with Gasteiger partial charge in [-0.2, -0.15) is 0 Å². The standard InChI is InChI=1S/C20H16Cl2N4O3S/c1-11-2-5-13(6-3-11)26-18(28)16(9-12-4-7-14(21)15(22)8-12)24-20(26)30-10-17(27)25-19(23)29/h2-9H,10H2,1H3,(H3,23,25,27,29)/b16-9+. The van der Waals surface area contributed by atoms with Gasteiger partial charge in [-0.05, 0) is 42.8 Å². The fraction of sp³-hybridized carbons (Fsp3) is 0.100. The molecule has 4 amide bonds. The van der Waals surface area contributed by atoms with Crippen molar-refractivity contribution in [3.05, 3.63) is 69.3 Å². The smallest absolute Gasteiger partial charge is 0.318 e. The molecule has 10 heteroatoms. The first-order valence-corrected chi connectivity index (χ1v) is 10.4. The first-order valence-electron chi connectivity index (χ1n) is 8.63. The Labute approximate surface area is 186 Å². The van der Waals surface area contributed by atoms with Crippen LogP contribution in [-0.2, 0) is 9.59 Å². The number of nitrogens with zero attached hydrogens (tertiary/aromatic N) is 2. The minimum Gasteiger partial charge on any atom is -0.351 e. The second kappa shape index (κ2) is 9.34. The van der Waals surface area contributed by atoms with E-state index in [0.717, 1.165) is 17.3 Å². The zero-order valence-electron chi connectivity index (χ0n) is 15.7. The molecule has 3 N–H and O–H groups in total. The Morgan fingerprint density at radius 1 is 1.17 bits per heavy atom. The Hall–Kier alpha value is -2.81. The largest absolute Gasteiger partial charge is 0.351 e. The van der Waals surface area contributed by atoms with Crippen molar-refractivity contribution in [3.8, 4) is 0 Å². The number of carbonyl (C=O) groups excluding carboxylic acids is 3. The van der Waals surface area contributed by atoms with Crippen LogP contribution in [0.3, 0.4) is 0 Å². The van der Waals surface area contributed by atoms with Gasteiger partial charge in [-0.1, -0.05) is 58.7 Å². The van der Waals surface area contributed by atoms with Crippen LogP contribution in [0.1, 0.15) is 11.1 Å². The van der Waals surface area contributed by atoms with E-state index in [1.54, 1.807) is 36.4 Å². The number of anilines is 1. The number of aryl methyl sites for hydroxylation is 1. The number of amidine groups is 1. The molecular formula is C20H16Cl2N4O3S. The molecule has 0 bridgehead atoms. The van der Waals surface area contributed by atoms with Crippen LogP contribution < -0.4 is 16.0 Å². The fourth-order valence-corrected chi connectivity index (χ4v) is 3.70. The van der Waals surface area contributed by atoms with E-state index in [4.69, 9.17) is 28.9 Å². The van der Waals surface area contributed by atoms with Crippen LogP contribution in [0.4, 0.5) is 10.5 Å². The Kier molecular flexibility index (Phi) is 6.81. The van der Waals surface area contributed by atoms with Gasteiger partial charge in [-0.3, -0.25) is 19.8 Å². The Bertz CT molecular complexity index is 1080. The average molecular weight is 463 g/mol. The van der Waals surface area contributed by atoms with Crippen LogP contribution in [0.25, 0.3) is 6.08 Å². The molecule has 2 aromatic rings. The Morgan fingerprint density at radius 2 is 1.87 bits per heavy atom. The molecule has 0 unspecified atom stereocenters. The van der Waals surface area contributed by atoms with E-state index in [0.29, 0.717) is 26.5 Å². The van der Waals surface area contributed by atoms with Gasteiger partial charge in [0.05, 0.1) is 21.5 Å². The summed E-state index contributed by atoms with van der Waals surface area (Å²) in [7, 11) is 0. The first-order chi connectivity index (χ1) is 14.2. The summed E-state index contributed by atoms with van der Waals surface area (Å²) in [5.74, 6) is -1.09. The predicted octanol–water partition coefficient (Wildman–Crippen LogP) is 3.97. The van der Waals surface area contributed by atoms with Gasteiger partial charge in [0, 0.05) is 0 Å². The van der Waals surface area contributed by atoms with E-state index < -0.39 is 11.9 Å². The highest BCUT2D eigenvalue weighted by Gasteiger charge is 2.32. The summed E-state index contributed by atoms with van der Waals surface area (Å²) in [4.78, 5) is 41.5. The second-order valence-corrected chi connectivity index (χ2v) is 8.03. The quantitative estimate of drug-likeness (QED) is 0.670. The van der Waals surface area contributed by atoms with Crippen molar-refractivity contribution >= 4 is 69.7 Å². The summed E-state index contributed by atoms with van der Waals surface area (Å²) >= 11 is 13.0. The van der Waals surface area contributed by atoms with E-state index in [9.17, 15) is 14.4 Å². The number of thioether (sulfide) groups is 1. The molecule has 0 aromatic heterocycles. The Balaban J connectivity index is 1.93. The molecule has 1 aliphatic rings. The van der Waals surface area contributed by atoms with Crippen molar-refractivity contribution in [2.24, 2.45) is 10.7 Å². The van der Waals surface area contributed by atoms with Crippen LogP contribution in [0.2, 0.25) is 10.0 Å². The summed E-state index contributed by atoms with van der Waals surface area (Å²) in [5, 5.41) is 3.04. The topological polar surface area (TPSA) is 105 Å². The third kappa shape index (κ3) is 5.21. The molecule has 30 heavy (non-hydrogen) atoms. The third-order valence-corrected chi connectivity index (χ3v) is 5.64. The first kappa shape index (κ1) is 21.9. The molecule has 0 saturated carbocycles. The number of carbonyl (C=O) groups is 3. The van der Waals surface area contributed by atoms with Crippen molar-refractivity contribution in [1.29, 1.82) is 0 Å². The number of amides is 4. The van der Waals surface area contributed by atoms with Crippen molar-refractivity contribution in [2.45, 2.75) is 6.92 Å². The zero-order valence-corrected chi connectivity index (χ0v) is 18.0. The number of primary amides is 1. The number of benzene rings is 2. The Morgan fingerprint density at radius 3 is 2.50 bits per heavy atom. The van der Waals surface area contributed by atoms with E-state index in [1.165, 1.54) is 4.90 Å². The summed E-state index contributed by atoms with van der Waals surface area (Å²) < 4.78 is 0. The molecule has 0 radical (unpaired) electrons. The highest BCUT2D eigenvalue weighted by molar-refractivity contribution is 8.14. The van der Waals surface area contributed by atoms with Gasteiger partial charge < -0.3 is 5.73 Å². The number of hydrogen-bond donors (Lipinski definition) is 2. The van der Waals surface area contributed by atoms with E-state index in [-0.39, 0.29) is 17.4 Å². The third-order valence-electron chi connectivity index (χ3n) is 3.96. The van der Waals surface area contributed by atoms with Gasteiger partial charge >= 0.3 is 6.03 Å². The SMILES string of the molecule is Cc1ccc(N2C(=O)/C(=C\c3ccc(Cl)c(Cl)c3)N=C2SCC(=O)NC(N)=O)cc1. The summed E-state index contributed by atoms with van der Waals surface area (Å²) in [6.45, 7) is 1.93. The monoisotopic (exact) mass is 462 g/mol. The molecule has 0 fully saturated rings. The van der Waals surface area contributed by atoms with Gasteiger partial charge in [0.15, 0.2) is 5.17 Å². The van der Waals surface area contributed by atoms with Crippen molar-refractivity contribution in [1.82, 2.24) is 5.32 Å². The van der Waals surface area contributed by atoms with Crippen molar-refractivity contribution < 1.29 is 14.4 Å². The minimum absolute atomic E-state index is 0.141. The van der Waals surface area contributed by atoms with Crippen LogP contribution in [0, 0.1) is 6.92 Å². The summed E-state index contributed by atoms with van der Waals surface area (Å²) in [5.41, 5.74) is 7.42. The molecule has 7 nitrogen and oxygen atoms in total. The molecule has 3 rings (SSSR count). The minimum atomic E-state index is -0.944. The van der Waals surface area contributed by atoms with E-state index in [1.807, 2.05) is 24.4 Å². The fourth-order valence-electron chi connectivity index (χ4n) is 2.58. The summed E-state index contributed by atoms with van der Waals surface area (Å²) in [6, 6.07) is 11.3. The lowest BCUT2D eigenvalue weighted by Gasteiger charge is -2.17. The van der Waals surface area contributed by atoms with Gasteiger partial charge in [-0.25, -0.2) is 9.79 Å². The van der Waals surface area contributed by atoms with Gasteiger partial charge in [0.25, 0.3) is 5.91 Å². The second-order valence-electron chi connectivity index (χ2n) is 6.27. The lowest BCUT2D eigenvalue weighted by molar-refractivity contribution is -0.117. The molecular weight excluding hydrogens is 447 g/mol. The maximum atomic E-state index is 13.1. The number of urea groups is 1. The molecule has 2 aromatic carbocycles. The number of nitrogens with one attached hydrogen (secondary N) is 1. The number of nitrogens with two attached hydrogens (primary N) is 1. The number of halogens is 2. The normalized spacial score (nSPS) is 14.8. The average Bonchev–Trinajstić information content (AvgIpc) is 2.99. The van der Waals surface area contributed by atoms with Gasteiger partial charge in [-0.15, -0.1) is 0 Å². The van der Waals surface area contributed by atoms with Crippen LogP contribution in [0.15, 0.2) is 53.2 Å². The lowest BCUT2D eigenvalue weighted by atomic mass is 10.2. The molecule has 1 heterocycles. The zero-order chi connectivity index (χ0) is 21.8. The maximum Gasteiger partial charge on any atom is 0.318 e. The van der Waals surface area contributed by atoms with Crippen molar-refractivity contribution in [2.75, 3.05) is 10.7 Å². The summed E-state index contributed by atoms with van der Waals surface area (Å²) in [6.07, 6.45) is 1.59. The van der Waals surface area contributed by atoms with Crippen LogP contribution in [-0.4, -0.2) is 28.8 Å². The molecule has 0 aliphatic carbocycles. The highest BCUT2D eigenvalue weighted by Crippen LogP contribution is 2.30. The number of imide groups is 1. The molecule has 1 aliphatic heterocycles. The van der Waals surface area contributed by atoms with Crippen LogP contribution in [0.5, 0.6) is 0 Å². The molecule has 0 atom stereocenters. The van der Waals surface area contributed by atoms with Crippen molar-refractivity contribution in [3.63, 3.8) is 0 Å². The number of hydrogen-bond acceptors (Lipinski definition) is 5. The molecule has 154 valence electrons. The van der Waals surface area contributed by atoms with E-state index in [2.05, 4.69) is 4.99 Å².